The number of aldehydes is 1. The van der Waals surface area contributed by atoms with Gasteiger partial charge in [0.1, 0.15) is 63.9 Å². The summed E-state index contributed by atoms with van der Waals surface area (Å²) in [5.74, 6) is -2.56. The molecule has 0 bridgehead atoms. The van der Waals surface area contributed by atoms with Crippen LogP contribution < -0.4 is 40.6 Å². The second kappa shape index (κ2) is 52.1. The van der Waals surface area contributed by atoms with E-state index in [-0.39, 0.29) is 77.4 Å². The first-order valence-corrected chi connectivity index (χ1v) is 39.3. The number of carbonyl (C=O) groups excluding carboxylic acids is 6. The Bertz CT molecular complexity index is 4740. The molecular formula is C69H92F2IN20NaO12S6. The van der Waals surface area contributed by atoms with Crippen LogP contribution in [0.1, 0.15) is 184 Å². The summed E-state index contributed by atoms with van der Waals surface area (Å²) in [6, 6.07) is 7.91. The van der Waals surface area contributed by atoms with Gasteiger partial charge in [0.15, 0.2) is 6.29 Å². The summed E-state index contributed by atoms with van der Waals surface area (Å²) in [6.07, 6.45) is 19.7. The summed E-state index contributed by atoms with van der Waals surface area (Å²) in [5.41, 5.74) is 27.5. The molecule has 11 heterocycles. The average Bonchev–Trinajstić information content (AvgIpc) is 1.68. The summed E-state index contributed by atoms with van der Waals surface area (Å²) in [7, 11) is -0.769. The maximum atomic E-state index is 12.3. The van der Waals surface area contributed by atoms with Crippen LogP contribution in [0.15, 0.2) is 71.3 Å². The van der Waals surface area contributed by atoms with E-state index in [0.717, 1.165) is 89.8 Å². The van der Waals surface area contributed by atoms with Crippen molar-refractivity contribution in [1.82, 2.24) is 64.7 Å². The summed E-state index contributed by atoms with van der Waals surface area (Å²) in [6.45, 7) is 24.6. The van der Waals surface area contributed by atoms with Crippen LogP contribution in [0.4, 0.5) is 8.78 Å². The number of nitrogens with zero attached hydrogens (tertiary/aromatic N) is 14. The Balaban J connectivity index is 0.000000650. The number of thiazole rings is 6. The summed E-state index contributed by atoms with van der Waals surface area (Å²) < 4.78 is 56.3. The Labute approximate surface area is 703 Å². The Morgan fingerprint density at radius 1 is 0.703 bits per heavy atom. The quantitative estimate of drug-likeness (QED) is 0.00538. The van der Waals surface area contributed by atoms with Crippen LogP contribution in [0.2, 0.25) is 0 Å². The third-order valence-corrected chi connectivity index (χ3v) is 20.3. The number of carboxylic acids is 1. The number of carboxylic acid groups (broad SMARTS) is 1. The number of nitrogens with two attached hydrogens (primary N) is 1. The van der Waals surface area contributed by atoms with Gasteiger partial charge < -0.3 is 55.8 Å². The largest absolute Gasteiger partial charge is 1.00 e. The first-order chi connectivity index (χ1) is 53.2. The van der Waals surface area contributed by atoms with E-state index < -0.39 is 32.2 Å². The molecule has 0 aromatic carbocycles. The third-order valence-electron chi connectivity index (χ3n) is 15.0. The molecule has 0 radical (unpaired) electrons. The van der Waals surface area contributed by atoms with Crippen molar-refractivity contribution in [2.45, 2.75) is 147 Å². The molecule has 2 aliphatic rings. The molecule has 598 valence electrons. The van der Waals surface area contributed by atoms with Gasteiger partial charge in [-0.1, -0.05) is 60.5 Å². The van der Waals surface area contributed by atoms with Crippen molar-refractivity contribution in [2.75, 3.05) is 46.1 Å². The number of H-pyrrole nitrogens is 4. The molecule has 11 aromatic heterocycles. The van der Waals surface area contributed by atoms with Crippen LogP contribution in [-0.2, 0) is 23.8 Å². The molecule has 2 aliphatic carbocycles. The van der Waals surface area contributed by atoms with Gasteiger partial charge in [0.2, 0.25) is 0 Å². The summed E-state index contributed by atoms with van der Waals surface area (Å²) in [5, 5.41) is 23.7. The molecule has 0 saturated heterocycles. The number of hydrogen-bond donors (Lipinski definition) is 7. The Hall–Kier alpha value is -8.29. The molecule has 2 fully saturated rings. The van der Waals surface area contributed by atoms with E-state index in [1.54, 1.807) is 84.8 Å². The fourth-order valence-electron chi connectivity index (χ4n) is 9.67. The van der Waals surface area contributed by atoms with Crippen LogP contribution in [0, 0.1) is 52.4 Å². The first-order valence-electron chi connectivity index (χ1n) is 35.0. The minimum absolute atomic E-state index is 0. The minimum Gasteiger partial charge on any atom is -0.870 e. The van der Waals surface area contributed by atoms with Crippen LogP contribution in [-0.4, -0.2) is 170 Å². The SMILES string of the molecule is CC1(C)CCC(N)CC1.CCOC(=O)/C(=C/c1cnc(C)s1)N=[N+]=[N-].CCOC(=O)c1cc2sc(C)nc2[nH]1.COC(=O)CN=[N+]=[N-].Cc1nc2[nH]c(C(=O)NC3CCC(C)(C)CC3)cc2s1.Cc1nc2[nH]c(C(=O)O)cc2s1.Cc1nc2[nH]c(C(=O)n3ccnc3)cc2s1.Cc1ncc(C=O)s1.[2H]CF.[2H]CF.[2H]CI.[Na+].[OH-]. The van der Waals surface area contributed by atoms with E-state index in [1.807, 2.05) is 76.3 Å². The van der Waals surface area contributed by atoms with E-state index in [4.69, 9.17) is 35.5 Å². The molecule has 0 unspecified atom stereocenters. The predicted octanol–water partition coefficient (Wildman–Crippen LogP) is 14.6. The number of rotatable bonds is 13. The predicted molar refractivity (Wildman–Crippen MR) is 438 cm³/mol. The number of aromatic nitrogens is 12. The van der Waals surface area contributed by atoms with Crippen LogP contribution in [0.25, 0.3) is 68.4 Å². The monoisotopic (exact) mass is 1780 g/mol. The number of methoxy groups -OCH3 is 1. The van der Waals surface area contributed by atoms with Crippen molar-refractivity contribution in [3.05, 3.63) is 145 Å². The van der Waals surface area contributed by atoms with E-state index >= 15 is 0 Å². The molecule has 0 atom stereocenters. The molecular weight excluding hydrogens is 1680 g/mol. The molecule has 9 N–H and O–H groups in total. The number of imidazole rings is 1. The average molecular weight is 1780 g/mol. The number of fused-ring (bicyclic) bond motifs is 4. The third kappa shape index (κ3) is 35.1. The fraction of sp³-hybridized carbons (Fsp3) is 0.449. The number of azide groups is 2. The number of nitrogens with one attached hydrogen (secondary N) is 5. The number of esters is 3. The van der Waals surface area contributed by atoms with Gasteiger partial charge in [-0.05, 0) is 164 Å². The van der Waals surface area contributed by atoms with Crippen molar-refractivity contribution in [2.24, 2.45) is 26.8 Å². The Kier molecular flexibility index (Phi) is 44.6. The van der Waals surface area contributed by atoms with Crippen molar-refractivity contribution in [3.8, 4) is 0 Å². The molecule has 2 saturated carbocycles. The second-order valence-corrected chi connectivity index (χ2v) is 31.8. The summed E-state index contributed by atoms with van der Waals surface area (Å²) >= 11 is 11.0. The fourth-order valence-corrected chi connectivity index (χ4v) is 14.3. The number of aromatic carboxylic acids is 1. The first kappa shape index (κ1) is 95.1. The molecule has 0 spiro atoms. The maximum Gasteiger partial charge on any atom is 1.00 e. The van der Waals surface area contributed by atoms with Gasteiger partial charge in [-0.15, -0.1) is 68.0 Å². The number of aryl methyl sites for hydroxylation is 6. The van der Waals surface area contributed by atoms with Gasteiger partial charge in [0, 0.05) is 52.9 Å². The van der Waals surface area contributed by atoms with Crippen molar-refractivity contribution >= 4 is 180 Å². The van der Waals surface area contributed by atoms with Gasteiger partial charge in [-0.2, -0.15) is 0 Å². The number of hydrogen-bond acceptors (Lipinski definition) is 27. The van der Waals surface area contributed by atoms with Crippen LogP contribution in [0.3, 0.4) is 0 Å². The van der Waals surface area contributed by atoms with Crippen molar-refractivity contribution < 1.29 is 101 Å². The number of halogens is 3. The van der Waals surface area contributed by atoms with Gasteiger partial charge in [-0.3, -0.25) is 32.5 Å². The molecule has 1 amide bonds. The van der Waals surface area contributed by atoms with E-state index in [0.29, 0.717) is 62.0 Å². The number of carbonyl (C=O) groups is 7. The topological polar surface area (TPSA) is 491 Å². The maximum absolute atomic E-state index is 12.3. The normalized spacial score (nSPS) is 13.1. The van der Waals surface area contributed by atoms with E-state index in [1.165, 1.54) is 96.6 Å². The molecule has 42 heteroatoms. The van der Waals surface area contributed by atoms with Crippen LogP contribution >= 0.6 is 90.6 Å². The van der Waals surface area contributed by atoms with Gasteiger partial charge in [0.05, 0.1) is 91.1 Å². The van der Waals surface area contributed by atoms with Gasteiger partial charge in [0.25, 0.3) is 11.8 Å². The Morgan fingerprint density at radius 3 is 1.50 bits per heavy atom. The summed E-state index contributed by atoms with van der Waals surface area (Å²) in [4.78, 5) is 125. The number of ether oxygens (including phenoxy) is 3. The standard InChI is InChI=1S/C15H21N3OS.C10H8N4OS.C9H10N4O2S.C9H10N2O2S.C8H17N.C7H6N2O2S.C5H5NOS.C3H5N3O2.2CH3F.CH3I.Na.H2O/c1-9-16-13-12(20-9)8-11(18-13)14(19)17-10-4-6-15(2,3)7-5-10;1-6-12-9-8(16-6)4-7(13-9)10(15)14-3-2-11-5-14;1-3-15-9(14)8(12-13-10)4-7-5-11-6(2)16-7;1-3-13-9(12)6-4-7-8(11-6)10-5(2)14-7;1-8(2)5-3-7(9)4-6-8;1-3-8-6-5(12-3)2-4(9-6)7(10)11;1-4-6-2-5(3-7)8-4;1-8-3(7)2-5-6-4;3*1-2;;/h8,10,18H,4-7H2,1-3H3,(H,17,19);2-5,13H,1H3;4-5H,3H2,1-2H3;4,11H,3H2,1-2H3;7H,3-6,9H2,1-2H3;2,9H,1H3,(H,10,11);2-3H,1H3;2H2,1H3;3*1H3;;1H2/q;;;;;;;;;;;+1;/p-1/b;;8-4-;;;;;;;;;;/i;;;;;;;;3*1D;;. The molecule has 111 heavy (non-hydrogen) atoms. The second-order valence-electron chi connectivity index (χ2n) is 24.3. The smallest absolute Gasteiger partial charge is 0.870 e. The van der Waals surface area contributed by atoms with Crippen molar-refractivity contribution in [1.29, 1.82) is 0 Å². The van der Waals surface area contributed by atoms with Crippen molar-refractivity contribution in [3.63, 3.8) is 0 Å². The van der Waals surface area contributed by atoms with E-state index in [9.17, 15) is 42.3 Å². The molecule has 11 aromatic rings. The van der Waals surface area contributed by atoms with Gasteiger partial charge in [-0.25, -0.2) is 49.3 Å². The van der Waals surface area contributed by atoms with Crippen LogP contribution in [0.5, 0.6) is 0 Å². The van der Waals surface area contributed by atoms with Gasteiger partial charge >= 0.3 is 53.4 Å². The number of aromatic amines is 4. The Morgan fingerprint density at radius 2 is 1.13 bits per heavy atom. The zero-order valence-corrected chi connectivity index (χ0v) is 72.9. The zero-order chi connectivity index (χ0) is 83.7. The zero-order valence-electron chi connectivity index (χ0n) is 66.8. The molecule has 32 nitrogen and oxygen atoms in total. The molecule has 0 aliphatic heterocycles. The number of amides is 1. The molecule has 13 rings (SSSR count). The number of alkyl halides is 3. The minimum atomic E-state index is -1.00. The van der Waals surface area contributed by atoms with E-state index in [2.05, 4.69) is 113 Å².